The first-order chi connectivity index (χ1) is 12.6. The van der Waals surface area contributed by atoms with Crippen molar-refractivity contribution in [1.82, 2.24) is 19.9 Å². The maximum Gasteiger partial charge on any atom is 0.287 e. The maximum absolute atomic E-state index is 12.8. The van der Waals surface area contributed by atoms with Gasteiger partial charge >= 0.3 is 0 Å². The number of pyridine rings is 1. The van der Waals surface area contributed by atoms with E-state index in [1.54, 1.807) is 6.07 Å². The number of aromatic nitrogens is 3. The third-order valence-corrected chi connectivity index (χ3v) is 4.31. The number of nitrogens with one attached hydrogen (secondary N) is 1. The summed E-state index contributed by atoms with van der Waals surface area (Å²) >= 11 is 0. The Morgan fingerprint density at radius 1 is 1.15 bits per heavy atom. The summed E-state index contributed by atoms with van der Waals surface area (Å²) in [7, 11) is 0. The second-order valence-electron chi connectivity index (χ2n) is 6.79. The highest BCUT2D eigenvalue weighted by Gasteiger charge is 2.23. The van der Waals surface area contributed by atoms with E-state index < -0.39 is 0 Å². The number of hydrogen-bond donors (Lipinski definition) is 1. The number of fused-ring (bicyclic) bond motifs is 2. The summed E-state index contributed by atoms with van der Waals surface area (Å²) in [5, 5.41) is 12.5. The lowest BCUT2D eigenvalue weighted by atomic mass is 10.0. The van der Waals surface area contributed by atoms with E-state index in [0.717, 1.165) is 23.3 Å². The molecule has 0 bridgehead atoms. The number of para-hydroxylation sites is 1. The van der Waals surface area contributed by atoms with Gasteiger partial charge in [-0.15, -0.1) is 10.2 Å². The highest BCUT2D eigenvalue weighted by Crippen LogP contribution is 2.23. The van der Waals surface area contributed by atoms with Crippen molar-refractivity contribution in [3.05, 3.63) is 66.3 Å². The summed E-state index contributed by atoms with van der Waals surface area (Å²) in [5.41, 5.74) is 1.46. The summed E-state index contributed by atoms with van der Waals surface area (Å²) in [6.45, 7) is 4.23. The van der Waals surface area contributed by atoms with Crippen LogP contribution in [0.4, 0.5) is 0 Å². The smallest absolute Gasteiger partial charge is 0.287 e. The number of carbonyl (C=O) groups excluding carboxylic acids is 1. The average molecular weight is 348 g/mol. The van der Waals surface area contributed by atoms with Crippen molar-refractivity contribution in [1.29, 1.82) is 0 Å². The quantitative estimate of drug-likeness (QED) is 0.592. The van der Waals surface area contributed by atoms with Crippen molar-refractivity contribution in [3.8, 4) is 0 Å². The molecule has 0 fully saturated rings. The molecular formula is C20H20N4O2. The molecular weight excluding hydrogens is 328 g/mol. The highest BCUT2D eigenvalue weighted by molar-refractivity contribution is 5.96. The molecule has 0 radical (unpaired) electrons. The van der Waals surface area contributed by atoms with E-state index in [0.29, 0.717) is 17.3 Å². The lowest BCUT2D eigenvalue weighted by molar-refractivity contribution is 0.0903. The molecule has 4 aromatic rings. The highest BCUT2D eigenvalue weighted by atomic mass is 16.3. The van der Waals surface area contributed by atoms with Crippen molar-refractivity contribution in [2.75, 3.05) is 0 Å². The largest absolute Gasteiger partial charge is 0.451 e. The molecule has 0 aliphatic carbocycles. The second kappa shape index (κ2) is 6.63. The Kier molecular flexibility index (Phi) is 4.16. The van der Waals surface area contributed by atoms with Crippen LogP contribution in [0.15, 0.2) is 59.1 Å². The minimum absolute atomic E-state index is 0.250. The van der Waals surface area contributed by atoms with Crippen molar-refractivity contribution in [2.45, 2.75) is 26.3 Å². The SMILES string of the molecule is CC(C)C[C@H](NC(=O)c1cc2ccccc2o1)c1nnc2ccccn12. The van der Waals surface area contributed by atoms with Crippen molar-refractivity contribution >= 4 is 22.5 Å². The minimum Gasteiger partial charge on any atom is -0.451 e. The van der Waals surface area contributed by atoms with E-state index in [1.165, 1.54) is 0 Å². The number of rotatable bonds is 5. The second-order valence-corrected chi connectivity index (χ2v) is 6.79. The summed E-state index contributed by atoms with van der Waals surface area (Å²) in [5.74, 6) is 1.15. The maximum atomic E-state index is 12.8. The molecule has 6 heteroatoms. The van der Waals surface area contributed by atoms with Crippen LogP contribution in [0.1, 0.15) is 42.7 Å². The summed E-state index contributed by atoms with van der Waals surface area (Å²) < 4.78 is 7.59. The molecule has 26 heavy (non-hydrogen) atoms. The van der Waals surface area contributed by atoms with Crippen molar-refractivity contribution in [2.24, 2.45) is 5.92 Å². The van der Waals surface area contributed by atoms with Gasteiger partial charge in [0, 0.05) is 11.6 Å². The molecule has 132 valence electrons. The molecule has 3 aromatic heterocycles. The Balaban J connectivity index is 1.65. The molecule has 6 nitrogen and oxygen atoms in total. The molecule has 0 aliphatic rings. The molecule has 0 spiro atoms. The van der Waals surface area contributed by atoms with Crippen LogP contribution in [-0.4, -0.2) is 20.5 Å². The Labute approximate surface area is 150 Å². The zero-order chi connectivity index (χ0) is 18.1. The molecule has 1 aromatic carbocycles. The van der Waals surface area contributed by atoms with E-state index in [1.807, 2.05) is 53.1 Å². The fraction of sp³-hybridized carbons (Fsp3) is 0.250. The van der Waals surface area contributed by atoms with E-state index >= 15 is 0 Å². The molecule has 4 rings (SSSR count). The predicted octanol–water partition coefficient (Wildman–Crippen LogP) is 3.99. The lowest BCUT2D eigenvalue weighted by Gasteiger charge is -2.18. The standard InChI is InChI=1S/C20H20N4O2/c1-13(2)11-15(19-23-22-18-9-5-6-10-24(18)19)21-20(25)17-12-14-7-3-4-8-16(14)26-17/h3-10,12-13,15H,11H2,1-2H3,(H,21,25)/t15-/m0/s1. The number of hydrogen-bond acceptors (Lipinski definition) is 4. The molecule has 0 aliphatic heterocycles. The zero-order valence-corrected chi connectivity index (χ0v) is 14.7. The van der Waals surface area contributed by atoms with Gasteiger partial charge in [-0.2, -0.15) is 0 Å². The lowest BCUT2D eigenvalue weighted by Crippen LogP contribution is -2.30. The molecule has 0 saturated heterocycles. The first kappa shape index (κ1) is 16.3. The van der Waals surface area contributed by atoms with E-state index in [-0.39, 0.29) is 11.9 Å². The van der Waals surface area contributed by atoms with Gasteiger partial charge in [-0.05, 0) is 36.6 Å². The molecule has 0 unspecified atom stereocenters. The van der Waals surface area contributed by atoms with Gasteiger partial charge in [0.25, 0.3) is 5.91 Å². The van der Waals surface area contributed by atoms with E-state index in [9.17, 15) is 4.79 Å². The molecule has 3 heterocycles. The van der Waals surface area contributed by atoms with Gasteiger partial charge in [0.15, 0.2) is 17.2 Å². The Morgan fingerprint density at radius 3 is 2.77 bits per heavy atom. The Bertz CT molecular complexity index is 1030. The van der Waals surface area contributed by atoms with Gasteiger partial charge in [0.1, 0.15) is 5.58 Å². The topological polar surface area (TPSA) is 72.4 Å². The fourth-order valence-electron chi connectivity index (χ4n) is 3.12. The van der Waals surface area contributed by atoms with Crippen LogP contribution in [0.5, 0.6) is 0 Å². The third kappa shape index (κ3) is 3.06. The molecule has 1 N–H and O–H groups in total. The molecule has 0 saturated carbocycles. The number of benzene rings is 1. The van der Waals surface area contributed by atoms with Gasteiger partial charge in [-0.3, -0.25) is 9.20 Å². The molecule has 1 amide bonds. The van der Waals surface area contributed by atoms with Crippen molar-refractivity contribution in [3.63, 3.8) is 0 Å². The predicted molar refractivity (Wildman–Crippen MR) is 98.9 cm³/mol. The minimum atomic E-state index is -0.256. The van der Waals surface area contributed by atoms with Gasteiger partial charge in [0.2, 0.25) is 0 Å². The zero-order valence-electron chi connectivity index (χ0n) is 14.7. The monoisotopic (exact) mass is 348 g/mol. The van der Waals surface area contributed by atoms with Crippen LogP contribution in [0.2, 0.25) is 0 Å². The number of furan rings is 1. The van der Waals surface area contributed by atoms with Crippen LogP contribution < -0.4 is 5.32 Å². The molecule has 1 atom stereocenters. The van der Waals surface area contributed by atoms with E-state index in [2.05, 4.69) is 29.4 Å². The first-order valence-electron chi connectivity index (χ1n) is 8.71. The average Bonchev–Trinajstić information content (AvgIpc) is 3.25. The van der Waals surface area contributed by atoms with Crippen LogP contribution in [0.3, 0.4) is 0 Å². The number of carbonyl (C=O) groups is 1. The number of nitrogens with zero attached hydrogens (tertiary/aromatic N) is 3. The number of amides is 1. The van der Waals surface area contributed by atoms with Crippen LogP contribution in [0.25, 0.3) is 16.6 Å². The normalized spacial score (nSPS) is 12.7. The Morgan fingerprint density at radius 2 is 1.96 bits per heavy atom. The fourth-order valence-corrected chi connectivity index (χ4v) is 3.12. The van der Waals surface area contributed by atoms with Gasteiger partial charge < -0.3 is 9.73 Å². The van der Waals surface area contributed by atoms with Crippen LogP contribution in [-0.2, 0) is 0 Å². The van der Waals surface area contributed by atoms with Gasteiger partial charge in [0.05, 0.1) is 6.04 Å². The van der Waals surface area contributed by atoms with Crippen LogP contribution in [0, 0.1) is 5.92 Å². The summed E-state index contributed by atoms with van der Waals surface area (Å²) in [4.78, 5) is 12.8. The summed E-state index contributed by atoms with van der Waals surface area (Å²) in [6, 6.07) is 14.8. The van der Waals surface area contributed by atoms with Crippen LogP contribution >= 0.6 is 0 Å². The third-order valence-electron chi connectivity index (χ3n) is 4.31. The summed E-state index contributed by atoms with van der Waals surface area (Å²) in [6.07, 6.45) is 2.66. The Hall–Kier alpha value is -3.15. The van der Waals surface area contributed by atoms with Gasteiger partial charge in [-0.1, -0.05) is 38.1 Å². The van der Waals surface area contributed by atoms with Crippen molar-refractivity contribution < 1.29 is 9.21 Å². The van der Waals surface area contributed by atoms with Gasteiger partial charge in [-0.25, -0.2) is 0 Å². The first-order valence-corrected chi connectivity index (χ1v) is 8.71. The van der Waals surface area contributed by atoms with E-state index in [4.69, 9.17) is 4.42 Å².